The molecule has 0 amide bonds. The summed E-state index contributed by atoms with van der Waals surface area (Å²) >= 11 is 5.41. The van der Waals surface area contributed by atoms with Gasteiger partial charge in [-0.1, -0.05) is 61.6 Å². The van der Waals surface area contributed by atoms with Crippen molar-refractivity contribution in [1.29, 1.82) is 0 Å². The molecule has 0 aliphatic heterocycles. The fourth-order valence-electron chi connectivity index (χ4n) is 1.84. The van der Waals surface area contributed by atoms with Crippen LogP contribution < -0.4 is 5.73 Å². The Bertz CT molecular complexity index is 597. The van der Waals surface area contributed by atoms with Crippen LogP contribution in [0.1, 0.15) is 23.6 Å². The molecule has 19 heavy (non-hydrogen) atoms. The summed E-state index contributed by atoms with van der Waals surface area (Å²) in [4.78, 5) is 0.838. The van der Waals surface area contributed by atoms with Gasteiger partial charge in [-0.2, -0.15) is 0 Å². The summed E-state index contributed by atoms with van der Waals surface area (Å²) in [6.45, 7) is 2.15. The highest BCUT2D eigenvalue weighted by atomic mass is 32.1. The van der Waals surface area contributed by atoms with E-state index >= 15 is 0 Å². The SMILES string of the molecule is CCc1ccc(C(=S)C=Cc2cccc(N)c2)cc1. The van der Waals surface area contributed by atoms with E-state index in [9.17, 15) is 0 Å². The molecule has 0 bridgehead atoms. The van der Waals surface area contributed by atoms with Crippen molar-refractivity contribution in [2.24, 2.45) is 0 Å². The maximum atomic E-state index is 5.74. The molecule has 0 spiro atoms. The van der Waals surface area contributed by atoms with Crippen molar-refractivity contribution >= 4 is 28.8 Å². The first kappa shape index (κ1) is 13.5. The zero-order valence-corrected chi connectivity index (χ0v) is 11.8. The molecule has 0 fully saturated rings. The molecular weight excluding hydrogens is 250 g/mol. The van der Waals surface area contributed by atoms with Gasteiger partial charge in [-0.25, -0.2) is 0 Å². The highest BCUT2D eigenvalue weighted by Gasteiger charge is 1.97. The quantitative estimate of drug-likeness (QED) is 0.387. The van der Waals surface area contributed by atoms with Crippen molar-refractivity contribution in [2.45, 2.75) is 13.3 Å². The largest absolute Gasteiger partial charge is 0.399 e. The molecule has 96 valence electrons. The van der Waals surface area contributed by atoms with E-state index in [2.05, 4.69) is 31.2 Å². The molecule has 0 aliphatic carbocycles. The zero-order chi connectivity index (χ0) is 13.7. The molecule has 2 rings (SSSR count). The van der Waals surface area contributed by atoms with Crippen LogP contribution in [0.5, 0.6) is 0 Å². The number of rotatable bonds is 4. The molecule has 2 heteroatoms. The summed E-state index contributed by atoms with van der Waals surface area (Å²) in [5.74, 6) is 0. The fraction of sp³-hybridized carbons (Fsp3) is 0.118. The second-order valence-electron chi connectivity index (χ2n) is 4.42. The number of nitrogens with two attached hydrogens (primary N) is 1. The van der Waals surface area contributed by atoms with E-state index in [-0.39, 0.29) is 0 Å². The average molecular weight is 267 g/mol. The molecule has 0 aliphatic rings. The van der Waals surface area contributed by atoms with Crippen molar-refractivity contribution < 1.29 is 0 Å². The van der Waals surface area contributed by atoms with Crippen LogP contribution in [0.3, 0.4) is 0 Å². The summed E-state index contributed by atoms with van der Waals surface area (Å²) in [7, 11) is 0. The third kappa shape index (κ3) is 3.76. The van der Waals surface area contributed by atoms with Crippen LogP contribution in [0, 0.1) is 0 Å². The van der Waals surface area contributed by atoms with Crippen molar-refractivity contribution in [3.8, 4) is 0 Å². The Kier molecular flexibility index (Phi) is 4.48. The number of benzene rings is 2. The Balaban J connectivity index is 2.11. The number of hydrogen-bond acceptors (Lipinski definition) is 2. The van der Waals surface area contributed by atoms with Crippen LogP contribution in [-0.2, 0) is 6.42 Å². The predicted molar refractivity (Wildman–Crippen MR) is 87.4 cm³/mol. The van der Waals surface area contributed by atoms with Crippen molar-refractivity contribution in [3.05, 3.63) is 71.3 Å². The smallest absolute Gasteiger partial charge is 0.0449 e. The fourth-order valence-corrected chi connectivity index (χ4v) is 2.04. The molecule has 0 radical (unpaired) electrons. The summed E-state index contributed by atoms with van der Waals surface area (Å²) in [5.41, 5.74) is 9.97. The Hall–Kier alpha value is -1.93. The minimum atomic E-state index is 0.764. The Morgan fingerprint density at radius 2 is 1.89 bits per heavy atom. The van der Waals surface area contributed by atoms with E-state index < -0.39 is 0 Å². The van der Waals surface area contributed by atoms with Gasteiger partial charge < -0.3 is 5.73 Å². The number of anilines is 1. The van der Waals surface area contributed by atoms with Gasteiger partial charge in [-0.15, -0.1) is 0 Å². The molecule has 0 aromatic heterocycles. The topological polar surface area (TPSA) is 26.0 Å². The molecule has 0 saturated heterocycles. The normalized spacial score (nSPS) is 10.8. The van der Waals surface area contributed by atoms with Crippen LogP contribution in [0.25, 0.3) is 6.08 Å². The second kappa shape index (κ2) is 6.30. The van der Waals surface area contributed by atoms with Crippen LogP contribution >= 0.6 is 12.2 Å². The zero-order valence-electron chi connectivity index (χ0n) is 11.0. The molecule has 2 aromatic carbocycles. The lowest BCUT2D eigenvalue weighted by Crippen LogP contribution is -1.93. The summed E-state index contributed by atoms with van der Waals surface area (Å²) in [6.07, 6.45) is 4.99. The van der Waals surface area contributed by atoms with Gasteiger partial charge in [0.25, 0.3) is 0 Å². The van der Waals surface area contributed by atoms with E-state index in [4.69, 9.17) is 18.0 Å². The molecule has 0 atom stereocenters. The van der Waals surface area contributed by atoms with E-state index in [1.54, 1.807) is 0 Å². The first-order chi connectivity index (χ1) is 9.19. The molecule has 2 N–H and O–H groups in total. The van der Waals surface area contributed by atoms with Gasteiger partial charge in [0, 0.05) is 10.6 Å². The van der Waals surface area contributed by atoms with E-state index in [0.29, 0.717) is 0 Å². The van der Waals surface area contributed by atoms with Gasteiger partial charge >= 0.3 is 0 Å². The number of hydrogen-bond donors (Lipinski definition) is 1. The van der Waals surface area contributed by atoms with Crippen LogP contribution in [0.15, 0.2) is 54.6 Å². The minimum Gasteiger partial charge on any atom is -0.399 e. The monoisotopic (exact) mass is 267 g/mol. The number of nitrogen functional groups attached to an aromatic ring is 1. The summed E-state index contributed by atoms with van der Waals surface area (Å²) < 4.78 is 0. The summed E-state index contributed by atoms with van der Waals surface area (Å²) in [5, 5.41) is 0. The maximum absolute atomic E-state index is 5.74. The highest BCUT2D eigenvalue weighted by Crippen LogP contribution is 2.11. The van der Waals surface area contributed by atoms with Crippen LogP contribution in [0.2, 0.25) is 0 Å². The molecule has 0 unspecified atom stereocenters. The predicted octanol–water partition coefficient (Wildman–Crippen LogP) is 4.26. The number of allylic oxidation sites excluding steroid dienone is 1. The van der Waals surface area contributed by atoms with Crippen molar-refractivity contribution in [3.63, 3.8) is 0 Å². The van der Waals surface area contributed by atoms with E-state index in [1.807, 2.05) is 36.4 Å². The van der Waals surface area contributed by atoms with Crippen LogP contribution in [0.4, 0.5) is 5.69 Å². The average Bonchev–Trinajstić information content (AvgIpc) is 2.45. The van der Waals surface area contributed by atoms with Gasteiger partial charge in [-0.3, -0.25) is 0 Å². The van der Waals surface area contributed by atoms with E-state index in [0.717, 1.165) is 28.1 Å². The second-order valence-corrected chi connectivity index (χ2v) is 4.86. The summed E-state index contributed by atoms with van der Waals surface area (Å²) in [6, 6.07) is 16.1. The minimum absolute atomic E-state index is 0.764. The Morgan fingerprint density at radius 3 is 2.53 bits per heavy atom. The maximum Gasteiger partial charge on any atom is 0.0449 e. The first-order valence-electron chi connectivity index (χ1n) is 6.36. The molecular formula is C17H17NS. The van der Waals surface area contributed by atoms with Gasteiger partial charge in [0.15, 0.2) is 0 Å². The van der Waals surface area contributed by atoms with Crippen molar-refractivity contribution in [1.82, 2.24) is 0 Å². The lowest BCUT2D eigenvalue weighted by molar-refractivity contribution is 1.14. The molecule has 0 heterocycles. The number of aryl methyl sites for hydroxylation is 1. The van der Waals surface area contributed by atoms with Gasteiger partial charge in [0.1, 0.15) is 0 Å². The third-order valence-electron chi connectivity index (χ3n) is 2.98. The van der Waals surface area contributed by atoms with E-state index in [1.165, 1.54) is 5.56 Å². The molecule has 0 saturated carbocycles. The number of thiocarbonyl (C=S) groups is 1. The van der Waals surface area contributed by atoms with Crippen molar-refractivity contribution in [2.75, 3.05) is 5.73 Å². The third-order valence-corrected chi connectivity index (χ3v) is 3.36. The highest BCUT2D eigenvalue weighted by molar-refractivity contribution is 7.81. The van der Waals surface area contributed by atoms with Gasteiger partial charge in [0.2, 0.25) is 0 Å². The Morgan fingerprint density at radius 1 is 1.16 bits per heavy atom. The first-order valence-corrected chi connectivity index (χ1v) is 6.77. The Labute approximate surface area is 119 Å². The molecule has 1 nitrogen and oxygen atoms in total. The van der Waals surface area contributed by atoms with Crippen LogP contribution in [-0.4, -0.2) is 4.86 Å². The molecule has 2 aromatic rings. The lowest BCUT2D eigenvalue weighted by Gasteiger charge is -2.01. The van der Waals surface area contributed by atoms with Gasteiger partial charge in [0.05, 0.1) is 0 Å². The van der Waals surface area contributed by atoms with Gasteiger partial charge in [-0.05, 0) is 41.3 Å². The lowest BCUT2D eigenvalue weighted by atomic mass is 10.1. The standard InChI is InChI=1S/C17H17NS/c1-2-13-6-9-15(10-7-13)17(19)11-8-14-4-3-5-16(18)12-14/h3-12H,2,18H2,1H3.